The third-order valence-electron chi connectivity index (χ3n) is 3.99. The SMILES string of the molecule is O=C(Nc1cccc(-c2ccc(Cl)c(Cl)c2)c1)[C@@H]1CCS(=O)(=O)C1. The third-order valence-corrected chi connectivity index (χ3v) is 6.49. The lowest BCUT2D eigenvalue weighted by molar-refractivity contribution is -0.119. The highest BCUT2D eigenvalue weighted by Gasteiger charge is 2.32. The molecule has 0 unspecified atom stereocenters. The Morgan fingerprint density at radius 3 is 2.46 bits per heavy atom. The smallest absolute Gasteiger partial charge is 0.228 e. The van der Waals surface area contributed by atoms with Crippen molar-refractivity contribution in [3.63, 3.8) is 0 Å². The van der Waals surface area contributed by atoms with Gasteiger partial charge in [-0.25, -0.2) is 8.42 Å². The molecule has 2 aromatic rings. The summed E-state index contributed by atoms with van der Waals surface area (Å²) >= 11 is 12.0. The predicted molar refractivity (Wildman–Crippen MR) is 97.3 cm³/mol. The normalized spacial score (nSPS) is 19.2. The van der Waals surface area contributed by atoms with E-state index in [-0.39, 0.29) is 17.4 Å². The van der Waals surface area contributed by atoms with E-state index in [1.165, 1.54) is 0 Å². The number of anilines is 1. The zero-order valence-electron chi connectivity index (χ0n) is 12.6. The van der Waals surface area contributed by atoms with Crippen LogP contribution in [0.1, 0.15) is 6.42 Å². The number of benzene rings is 2. The zero-order valence-corrected chi connectivity index (χ0v) is 15.0. The Hall–Kier alpha value is -1.56. The average molecular weight is 384 g/mol. The summed E-state index contributed by atoms with van der Waals surface area (Å²) in [5.41, 5.74) is 2.38. The van der Waals surface area contributed by atoms with Gasteiger partial charge in [0.05, 0.1) is 27.5 Å². The molecule has 1 fully saturated rings. The van der Waals surface area contributed by atoms with Gasteiger partial charge in [0.2, 0.25) is 5.91 Å². The monoisotopic (exact) mass is 383 g/mol. The number of carbonyl (C=O) groups is 1. The molecule has 1 amide bonds. The first-order valence-corrected chi connectivity index (χ1v) is 9.98. The first kappa shape index (κ1) is 17.3. The quantitative estimate of drug-likeness (QED) is 0.869. The molecule has 3 rings (SSSR count). The number of nitrogens with one attached hydrogen (secondary N) is 1. The topological polar surface area (TPSA) is 63.2 Å². The third kappa shape index (κ3) is 3.91. The van der Waals surface area contributed by atoms with Crippen LogP contribution >= 0.6 is 23.2 Å². The fourth-order valence-electron chi connectivity index (χ4n) is 2.70. The van der Waals surface area contributed by atoms with Gasteiger partial charge in [0.25, 0.3) is 0 Å². The standard InChI is InChI=1S/C17H15Cl2NO3S/c18-15-5-4-12(9-16(15)19)11-2-1-3-14(8-11)20-17(21)13-6-7-24(22,23)10-13/h1-5,8-9,13H,6-7,10H2,(H,20,21)/t13-/m1/s1. The minimum atomic E-state index is -3.08. The maximum atomic E-state index is 12.2. The van der Waals surface area contributed by atoms with Crippen molar-refractivity contribution >= 4 is 44.6 Å². The second-order valence-electron chi connectivity index (χ2n) is 5.80. The number of amides is 1. The molecule has 4 nitrogen and oxygen atoms in total. The molecule has 1 saturated heterocycles. The largest absolute Gasteiger partial charge is 0.326 e. The van der Waals surface area contributed by atoms with Crippen molar-refractivity contribution in [3.8, 4) is 11.1 Å². The lowest BCUT2D eigenvalue weighted by atomic mass is 10.0. The molecule has 1 aliphatic heterocycles. The lowest BCUT2D eigenvalue weighted by Gasteiger charge is -2.11. The fraction of sp³-hybridized carbons (Fsp3) is 0.235. The molecule has 126 valence electrons. The molecule has 1 aliphatic rings. The molecule has 0 aliphatic carbocycles. The number of hydrogen-bond acceptors (Lipinski definition) is 3. The van der Waals surface area contributed by atoms with E-state index in [0.29, 0.717) is 22.2 Å². The van der Waals surface area contributed by atoms with Gasteiger partial charge in [-0.05, 0) is 41.8 Å². The van der Waals surface area contributed by atoms with Crippen LogP contribution in [-0.2, 0) is 14.6 Å². The molecule has 0 radical (unpaired) electrons. The number of rotatable bonds is 3. The van der Waals surface area contributed by atoms with Gasteiger partial charge in [-0.3, -0.25) is 4.79 Å². The Balaban J connectivity index is 1.78. The number of sulfone groups is 1. The molecular weight excluding hydrogens is 369 g/mol. The van der Waals surface area contributed by atoms with Crippen LogP contribution in [-0.4, -0.2) is 25.8 Å². The Labute approximate surface area is 150 Å². The maximum absolute atomic E-state index is 12.2. The Bertz CT molecular complexity index is 896. The van der Waals surface area contributed by atoms with Crippen LogP contribution in [0.25, 0.3) is 11.1 Å². The minimum absolute atomic E-state index is 0.0778. The van der Waals surface area contributed by atoms with Crippen LogP contribution in [0.5, 0.6) is 0 Å². The Morgan fingerprint density at radius 2 is 1.79 bits per heavy atom. The molecule has 0 aromatic heterocycles. The van der Waals surface area contributed by atoms with E-state index >= 15 is 0 Å². The molecule has 7 heteroatoms. The fourth-order valence-corrected chi connectivity index (χ4v) is 4.74. The van der Waals surface area contributed by atoms with Gasteiger partial charge in [-0.1, -0.05) is 41.4 Å². The summed E-state index contributed by atoms with van der Waals surface area (Å²) in [6, 6.07) is 12.6. The van der Waals surface area contributed by atoms with E-state index in [9.17, 15) is 13.2 Å². The zero-order chi connectivity index (χ0) is 17.3. The highest BCUT2D eigenvalue weighted by atomic mass is 35.5. The van der Waals surface area contributed by atoms with E-state index in [2.05, 4.69) is 5.32 Å². The van der Waals surface area contributed by atoms with E-state index in [4.69, 9.17) is 23.2 Å². The van der Waals surface area contributed by atoms with Crippen LogP contribution in [0.15, 0.2) is 42.5 Å². The average Bonchev–Trinajstić information content (AvgIpc) is 2.90. The summed E-state index contributed by atoms with van der Waals surface area (Å²) in [7, 11) is -3.08. The molecular formula is C17H15Cl2NO3S. The van der Waals surface area contributed by atoms with Crippen molar-refractivity contribution < 1.29 is 13.2 Å². The predicted octanol–water partition coefficient (Wildman–Crippen LogP) is 4.03. The summed E-state index contributed by atoms with van der Waals surface area (Å²) in [4.78, 5) is 12.2. The van der Waals surface area contributed by atoms with Crippen molar-refractivity contribution in [1.82, 2.24) is 0 Å². The molecule has 2 aromatic carbocycles. The molecule has 1 heterocycles. The number of hydrogen-bond donors (Lipinski definition) is 1. The van der Waals surface area contributed by atoms with Gasteiger partial charge < -0.3 is 5.32 Å². The second-order valence-corrected chi connectivity index (χ2v) is 8.84. The van der Waals surface area contributed by atoms with Gasteiger partial charge in [-0.2, -0.15) is 0 Å². The van der Waals surface area contributed by atoms with Crippen molar-refractivity contribution in [3.05, 3.63) is 52.5 Å². The molecule has 0 saturated carbocycles. The van der Waals surface area contributed by atoms with Crippen molar-refractivity contribution in [2.45, 2.75) is 6.42 Å². The first-order valence-electron chi connectivity index (χ1n) is 7.41. The highest BCUT2D eigenvalue weighted by Crippen LogP contribution is 2.30. The van der Waals surface area contributed by atoms with Gasteiger partial charge in [0.1, 0.15) is 0 Å². The Kier molecular flexibility index (Phi) is 4.85. The molecule has 1 atom stereocenters. The van der Waals surface area contributed by atoms with E-state index < -0.39 is 15.8 Å². The highest BCUT2D eigenvalue weighted by molar-refractivity contribution is 7.91. The van der Waals surface area contributed by atoms with Crippen LogP contribution in [0.3, 0.4) is 0 Å². The summed E-state index contributed by atoms with van der Waals surface area (Å²) < 4.78 is 23.0. The van der Waals surface area contributed by atoms with E-state index in [1.54, 1.807) is 18.2 Å². The van der Waals surface area contributed by atoms with Crippen LogP contribution in [0.2, 0.25) is 10.0 Å². The first-order chi connectivity index (χ1) is 11.3. The number of halogens is 2. The maximum Gasteiger partial charge on any atom is 0.228 e. The molecule has 1 N–H and O–H groups in total. The second kappa shape index (κ2) is 6.75. The van der Waals surface area contributed by atoms with Gasteiger partial charge in [-0.15, -0.1) is 0 Å². The van der Waals surface area contributed by atoms with E-state index in [1.807, 2.05) is 24.3 Å². The lowest BCUT2D eigenvalue weighted by Crippen LogP contribution is -2.23. The van der Waals surface area contributed by atoms with Crippen LogP contribution < -0.4 is 5.32 Å². The summed E-state index contributed by atoms with van der Waals surface area (Å²) in [5, 5.41) is 3.73. The summed E-state index contributed by atoms with van der Waals surface area (Å²) in [6.45, 7) is 0. The van der Waals surface area contributed by atoms with Crippen LogP contribution in [0, 0.1) is 5.92 Å². The van der Waals surface area contributed by atoms with Crippen molar-refractivity contribution in [2.24, 2.45) is 5.92 Å². The summed E-state index contributed by atoms with van der Waals surface area (Å²) in [6.07, 6.45) is 0.376. The van der Waals surface area contributed by atoms with E-state index in [0.717, 1.165) is 11.1 Å². The van der Waals surface area contributed by atoms with Crippen molar-refractivity contribution in [2.75, 3.05) is 16.8 Å². The number of carbonyl (C=O) groups excluding carboxylic acids is 1. The van der Waals surface area contributed by atoms with Crippen LogP contribution in [0.4, 0.5) is 5.69 Å². The van der Waals surface area contributed by atoms with Gasteiger partial charge in [0, 0.05) is 5.69 Å². The minimum Gasteiger partial charge on any atom is -0.326 e. The Morgan fingerprint density at radius 1 is 1.04 bits per heavy atom. The molecule has 24 heavy (non-hydrogen) atoms. The van der Waals surface area contributed by atoms with Gasteiger partial charge >= 0.3 is 0 Å². The van der Waals surface area contributed by atoms with Crippen molar-refractivity contribution in [1.29, 1.82) is 0 Å². The summed E-state index contributed by atoms with van der Waals surface area (Å²) in [5.74, 6) is -0.745. The van der Waals surface area contributed by atoms with Gasteiger partial charge in [0.15, 0.2) is 9.84 Å². The molecule has 0 bridgehead atoms. The molecule has 0 spiro atoms.